The van der Waals surface area contributed by atoms with Gasteiger partial charge in [-0.1, -0.05) is 31.5 Å². The Kier molecular flexibility index (Phi) is 2.62. The second-order valence-corrected chi connectivity index (χ2v) is 5.29. The molecule has 1 fully saturated rings. The van der Waals surface area contributed by atoms with Crippen molar-refractivity contribution in [2.24, 2.45) is 0 Å². The van der Waals surface area contributed by atoms with Gasteiger partial charge in [-0.15, -0.1) is 0 Å². The van der Waals surface area contributed by atoms with Crippen LogP contribution in [0.15, 0.2) is 24.3 Å². The van der Waals surface area contributed by atoms with E-state index in [1.807, 2.05) is 0 Å². The highest BCUT2D eigenvalue weighted by Crippen LogP contribution is 2.51. The van der Waals surface area contributed by atoms with E-state index in [1.165, 1.54) is 31.2 Å². The largest absolute Gasteiger partial charge is 0.488 e. The molecule has 0 spiro atoms. The summed E-state index contributed by atoms with van der Waals surface area (Å²) in [5, 5.41) is 0. The molecule has 1 aromatic rings. The molecule has 0 N–H and O–H groups in total. The Morgan fingerprint density at radius 3 is 3.00 bits per heavy atom. The smallest absolute Gasteiger partial charge is 0.125 e. The Balaban J connectivity index is 2.11. The minimum Gasteiger partial charge on any atom is -0.488 e. The normalized spacial score (nSPS) is 30.9. The molecule has 1 aliphatic carbocycles. The highest BCUT2D eigenvalue weighted by atomic mass is 16.5. The fourth-order valence-electron chi connectivity index (χ4n) is 3.59. The Hall–Kier alpha value is -1.02. The van der Waals surface area contributed by atoms with Gasteiger partial charge in [-0.05, 0) is 38.9 Å². The van der Waals surface area contributed by atoms with E-state index in [0.29, 0.717) is 6.10 Å². The summed E-state index contributed by atoms with van der Waals surface area (Å²) in [4.78, 5) is 2.49. The Labute approximate surface area is 104 Å². The van der Waals surface area contributed by atoms with Crippen molar-refractivity contribution in [2.75, 3.05) is 13.6 Å². The van der Waals surface area contributed by atoms with Gasteiger partial charge in [0.05, 0.1) is 5.54 Å². The third-order valence-corrected chi connectivity index (χ3v) is 4.59. The Bertz CT molecular complexity index is 417. The number of nitrogens with zero attached hydrogens (tertiary/aromatic N) is 1. The summed E-state index contributed by atoms with van der Waals surface area (Å²) in [5.74, 6) is 1.11. The van der Waals surface area contributed by atoms with Gasteiger partial charge in [0, 0.05) is 5.56 Å². The first-order chi connectivity index (χ1) is 8.29. The number of ether oxygens (including phenoxy) is 1. The lowest BCUT2D eigenvalue weighted by molar-refractivity contribution is -0.00733. The van der Waals surface area contributed by atoms with Crippen LogP contribution in [0.3, 0.4) is 0 Å². The fraction of sp³-hybridized carbons (Fsp3) is 0.600. The molecule has 2 atom stereocenters. The van der Waals surface area contributed by atoms with E-state index in [-0.39, 0.29) is 5.54 Å². The van der Waals surface area contributed by atoms with Crippen LogP contribution in [0.25, 0.3) is 0 Å². The van der Waals surface area contributed by atoms with Gasteiger partial charge >= 0.3 is 0 Å². The van der Waals surface area contributed by atoms with Crippen LogP contribution in [0, 0.1) is 0 Å². The van der Waals surface area contributed by atoms with Gasteiger partial charge in [0.15, 0.2) is 0 Å². The number of hydrogen-bond acceptors (Lipinski definition) is 2. The molecule has 2 aliphatic rings. The lowest BCUT2D eigenvalue weighted by Gasteiger charge is -2.44. The predicted octanol–water partition coefficient (Wildman–Crippen LogP) is 3.17. The maximum atomic E-state index is 6.20. The molecular formula is C15H21NO. The zero-order valence-electron chi connectivity index (χ0n) is 10.8. The SMILES string of the molecule is CCN(C)C12CCCCC1Oc1ccccc12. The number of hydrogen-bond donors (Lipinski definition) is 0. The number of rotatable bonds is 2. The Morgan fingerprint density at radius 1 is 1.35 bits per heavy atom. The summed E-state index contributed by atoms with van der Waals surface area (Å²) in [5.41, 5.74) is 1.55. The molecule has 3 rings (SSSR count). The third kappa shape index (κ3) is 1.43. The molecule has 2 unspecified atom stereocenters. The van der Waals surface area contributed by atoms with Crippen LogP contribution in [0.4, 0.5) is 0 Å². The summed E-state index contributed by atoms with van der Waals surface area (Å²) in [6, 6.07) is 8.60. The van der Waals surface area contributed by atoms with E-state index in [1.54, 1.807) is 0 Å². The summed E-state index contributed by atoms with van der Waals surface area (Å²) in [7, 11) is 2.24. The summed E-state index contributed by atoms with van der Waals surface area (Å²) in [6.07, 6.45) is 5.41. The molecule has 1 aliphatic heterocycles. The van der Waals surface area contributed by atoms with Gasteiger partial charge in [-0.3, -0.25) is 4.90 Å². The van der Waals surface area contributed by atoms with Crippen molar-refractivity contribution >= 4 is 0 Å². The third-order valence-electron chi connectivity index (χ3n) is 4.59. The van der Waals surface area contributed by atoms with E-state index in [2.05, 4.69) is 43.1 Å². The van der Waals surface area contributed by atoms with Crippen LogP contribution >= 0.6 is 0 Å². The molecule has 2 heteroatoms. The molecule has 0 radical (unpaired) electrons. The van der Waals surface area contributed by atoms with Crippen LogP contribution < -0.4 is 4.74 Å². The van der Waals surface area contributed by atoms with Crippen LogP contribution in [0.1, 0.15) is 38.2 Å². The van der Waals surface area contributed by atoms with E-state index in [9.17, 15) is 0 Å². The zero-order valence-corrected chi connectivity index (χ0v) is 10.8. The van der Waals surface area contributed by atoms with Crippen molar-refractivity contribution in [3.8, 4) is 5.75 Å². The van der Waals surface area contributed by atoms with Crippen LogP contribution in [-0.2, 0) is 5.54 Å². The van der Waals surface area contributed by atoms with Crippen molar-refractivity contribution in [3.63, 3.8) is 0 Å². The summed E-state index contributed by atoms with van der Waals surface area (Å²) < 4.78 is 6.20. The molecule has 0 amide bonds. The standard InChI is InChI=1S/C15H21NO/c1-3-16(2)15-11-7-6-10-14(15)17-13-9-5-4-8-12(13)15/h4-5,8-9,14H,3,6-7,10-11H2,1-2H3. The first-order valence-electron chi connectivity index (χ1n) is 6.76. The molecule has 0 bridgehead atoms. The molecule has 17 heavy (non-hydrogen) atoms. The average molecular weight is 231 g/mol. The van der Waals surface area contributed by atoms with E-state index in [4.69, 9.17) is 4.74 Å². The molecule has 2 nitrogen and oxygen atoms in total. The van der Waals surface area contributed by atoms with Crippen LogP contribution in [0.5, 0.6) is 5.75 Å². The molecule has 0 saturated heterocycles. The van der Waals surface area contributed by atoms with Gasteiger partial charge in [0.1, 0.15) is 11.9 Å². The second kappa shape index (κ2) is 4.02. The molecule has 1 saturated carbocycles. The van der Waals surface area contributed by atoms with E-state index in [0.717, 1.165) is 12.3 Å². The number of likely N-dealkylation sites (N-methyl/N-ethyl adjacent to an activating group) is 1. The van der Waals surface area contributed by atoms with Crippen molar-refractivity contribution in [3.05, 3.63) is 29.8 Å². The molecular weight excluding hydrogens is 210 g/mol. The maximum absolute atomic E-state index is 6.20. The lowest BCUT2D eigenvalue weighted by Crippen LogP contribution is -2.52. The maximum Gasteiger partial charge on any atom is 0.125 e. The average Bonchev–Trinajstić information content (AvgIpc) is 2.73. The van der Waals surface area contributed by atoms with Gasteiger partial charge in [-0.2, -0.15) is 0 Å². The second-order valence-electron chi connectivity index (χ2n) is 5.29. The van der Waals surface area contributed by atoms with E-state index < -0.39 is 0 Å². The first-order valence-corrected chi connectivity index (χ1v) is 6.76. The summed E-state index contributed by atoms with van der Waals surface area (Å²) in [6.45, 7) is 3.32. The zero-order chi connectivity index (χ0) is 11.9. The minimum absolute atomic E-state index is 0.142. The van der Waals surface area contributed by atoms with Crippen LogP contribution in [0.2, 0.25) is 0 Å². The van der Waals surface area contributed by atoms with Crippen molar-refractivity contribution < 1.29 is 4.74 Å². The monoisotopic (exact) mass is 231 g/mol. The van der Waals surface area contributed by atoms with Gasteiger partial charge < -0.3 is 4.74 Å². The number of para-hydroxylation sites is 1. The summed E-state index contributed by atoms with van der Waals surface area (Å²) >= 11 is 0. The molecule has 0 aromatic heterocycles. The predicted molar refractivity (Wildman–Crippen MR) is 69.3 cm³/mol. The van der Waals surface area contributed by atoms with E-state index >= 15 is 0 Å². The van der Waals surface area contributed by atoms with Gasteiger partial charge in [0.2, 0.25) is 0 Å². The van der Waals surface area contributed by atoms with Gasteiger partial charge in [-0.25, -0.2) is 0 Å². The number of fused-ring (bicyclic) bond motifs is 3. The quantitative estimate of drug-likeness (QED) is 0.775. The lowest BCUT2D eigenvalue weighted by atomic mass is 9.74. The fourth-order valence-corrected chi connectivity index (χ4v) is 3.59. The molecule has 1 heterocycles. The van der Waals surface area contributed by atoms with Gasteiger partial charge in [0.25, 0.3) is 0 Å². The first kappa shape index (κ1) is 11.1. The Morgan fingerprint density at radius 2 is 2.18 bits per heavy atom. The molecule has 1 aromatic carbocycles. The number of benzene rings is 1. The minimum atomic E-state index is 0.142. The molecule has 92 valence electrons. The van der Waals surface area contributed by atoms with Crippen molar-refractivity contribution in [1.29, 1.82) is 0 Å². The highest BCUT2D eigenvalue weighted by molar-refractivity contribution is 5.45. The van der Waals surface area contributed by atoms with Crippen molar-refractivity contribution in [2.45, 2.75) is 44.2 Å². The topological polar surface area (TPSA) is 12.5 Å². The van der Waals surface area contributed by atoms with Crippen LogP contribution in [-0.4, -0.2) is 24.6 Å². The highest BCUT2D eigenvalue weighted by Gasteiger charge is 2.52. The van der Waals surface area contributed by atoms with Crippen molar-refractivity contribution in [1.82, 2.24) is 4.90 Å².